The lowest BCUT2D eigenvalue weighted by atomic mass is 9.63. The van der Waals surface area contributed by atoms with E-state index in [1.807, 2.05) is 0 Å². The molecule has 1 saturated heterocycles. The Hall–Kier alpha value is -3.42. The van der Waals surface area contributed by atoms with Crippen LogP contribution >= 0.6 is 0 Å². The number of amides is 3. The number of para-hydroxylation sites is 1. The number of nitrogens with zero attached hydrogens (tertiary/aromatic N) is 1. The highest BCUT2D eigenvalue weighted by Gasteiger charge is 2.67. The highest BCUT2D eigenvalue weighted by molar-refractivity contribution is 6.23. The first-order valence-corrected chi connectivity index (χ1v) is 10.9. The van der Waals surface area contributed by atoms with Crippen LogP contribution in [0, 0.1) is 35.5 Å². The van der Waals surface area contributed by atoms with E-state index in [1.165, 1.54) is 36.4 Å². The van der Waals surface area contributed by atoms with Gasteiger partial charge in [0.2, 0.25) is 11.8 Å². The fourth-order valence-electron chi connectivity index (χ4n) is 6.03. The average Bonchev–Trinajstić information content (AvgIpc) is 3.57. The van der Waals surface area contributed by atoms with E-state index in [2.05, 4.69) is 17.5 Å². The molecular formula is C25H19F3N2O3. The van der Waals surface area contributed by atoms with Crippen molar-refractivity contribution in [3.63, 3.8) is 0 Å². The third-order valence-corrected chi connectivity index (χ3v) is 7.51. The van der Waals surface area contributed by atoms with Crippen molar-refractivity contribution in [1.29, 1.82) is 0 Å². The number of alkyl halides is 3. The molecule has 5 nitrogen and oxygen atoms in total. The minimum atomic E-state index is -4.62. The third-order valence-electron chi connectivity index (χ3n) is 7.51. The average molecular weight is 452 g/mol. The van der Waals surface area contributed by atoms with Crippen molar-refractivity contribution < 1.29 is 27.6 Å². The monoisotopic (exact) mass is 452 g/mol. The molecule has 8 heteroatoms. The van der Waals surface area contributed by atoms with Crippen molar-refractivity contribution in [3.8, 4) is 0 Å². The highest BCUT2D eigenvalue weighted by Crippen LogP contribution is 2.65. The van der Waals surface area contributed by atoms with Crippen molar-refractivity contribution in [1.82, 2.24) is 0 Å². The van der Waals surface area contributed by atoms with E-state index >= 15 is 0 Å². The molecule has 168 valence electrons. The number of halogens is 3. The van der Waals surface area contributed by atoms with Crippen molar-refractivity contribution in [2.45, 2.75) is 12.6 Å². The van der Waals surface area contributed by atoms with Crippen molar-refractivity contribution >= 4 is 29.1 Å². The Kier molecular flexibility index (Phi) is 4.16. The molecule has 2 bridgehead atoms. The molecule has 0 aromatic heterocycles. The fourth-order valence-corrected chi connectivity index (χ4v) is 6.03. The maximum absolute atomic E-state index is 13.3. The molecule has 3 amide bonds. The molecule has 5 aliphatic rings. The number of benzene rings is 2. The molecular weight excluding hydrogens is 433 g/mol. The second-order valence-electron chi connectivity index (χ2n) is 9.21. The molecule has 1 N–H and O–H groups in total. The zero-order valence-electron chi connectivity index (χ0n) is 17.3. The van der Waals surface area contributed by atoms with E-state index in [9.17, 15) is 27.6 Å². The van der Waals surface area contributed by atoms with Crippen LogP contribution in [0.25, 0.3) is 0 Å². The Morgan fingerprint density at radius 2 is 1.55 bits per heavy atom. The first-order valence-electron chi connectivity index (χ1n) is 10.9. The standard InChI is InChI=1S/C25H19F3N2O3/c26-25(27,28)18-6-1-2-7-19(18)29-22(31)12-4-3-5-13(10-12)30-23(32)20-14-8-9-15(17-11-16(14)17)21(20)24(30)33/h1-10,14-17,20-21H,11H2,(H,29,31)/t14-,15-,16-,17+,20-,21+/m0/s1. The Bertz CT molecular complexity index is 1200. The third kappa shape index (κ3) is 2.96. The number of nitrogens with one attached hydrogen (secondary N) is 1. The lowest BCUT2D eigenvalue weighted by Gasteiger charge is -2.37. The zero-order valence-corrected chi connectivity index (χ0v) is 17.3. The normalized spacial score (nSPS) is 31.4. The lowest BCUT2D eigenvalue weighted by molar-refractivity contribution is -0.137. The Labute approximate surface area is 187 Å². The Morgan fingerprint density at radius 1 is 0.909 bits per heavy atom. The first kappa shape index (κ1) is 20.2. The van der Waals surface area contributed by atoms with E-state index in [0.29, 0.717) is 11.8 Å². The van der Waals surface area contributed by atoms with Crippen LogP contribution in [0.15, 0.2) is 60.7 Å². The molecule has 1 heterocycles. The van der Waals surface area contributed by atoms with Gasteiger partial charge in [-0.2, -0.15) is 13.2 Å². The van der Waals surface area contributed by atoms with E-state index in [1.54, 1.807) is 6.07 Å². The van der Waals surface area contributed by atoms with Crippen LogP contribution in [0.1, 0.15) is 22.3 Å². The van der Waals surface area contributed by atoms with Crippen molar-refractivity contribution in [2.75, 3.05) is 10.2 Å². The molecule has 4 aliphatic carbocycles. The summed E-state index contributed by atoms with van der Waals surface area (Å²) in [5, 5.41) is 2.30. The molecule has 7 rings (SSSR count). The summed E-state index contributed by atoms with van der Waals surface area (Å²) in [4.78, 5) is 40.5. The summed E-state index contributed by atoms with van der Waals surface area (Å²) in [6, 6.07) is 10.6. The van der Waals surface area contributed by atoms with E-state index < -0.39 is 17.6 Å². The molecule has 6 atom stereocenters. The predicted molar refractivity (Wildman–Crippen MR) is 113 cm³/mol. The van der Waals surface area contributed by atoms with Gasteiger partial charge in [0.1, 0.15) is 0 Å². The molecule has 0 unspecified atom stereocenters. The quantitative estimate of drug-likeness (QED) is 0.550. The predicted octanol–water partition coefficient (Wildman–Crippen LogP) is 4.52. The van der Waals surface area contributed by atoms with Gasteiger partial charge in [0, 0.05) is 5.56 Å². The molecule has 2 aromatic carbocycles. The number of allylic oxidation sites excluding steroid dienone is 2. The van der Waals surface area contributed by atoms with Crippen LogP contribution < -0.4 is 10.2 Å². The van der Waals surface area contributed by atoms with Gasteiger partial charge in [0.05, 0.1) is 28.8 Å². The van der Waals surface area contributed by atoms with E-state index in [4.69, 9.17) is 0 Å². The second kappa shape index (κ2) is 6.79. The summed E-state index contributed by atoms with van der Waals surface area (Å²) >= 11 is 0. The number of imide groups is 1. The zero-order chi connectivity index (χ0) is 23.1. The van der Waals surface area contributed by atoms with Crippen molar-refractivity contribution in [2.24, 2.45) is 35.5 Å². The number of hydrogen-bond donors (Lipinski definition) is 1. The Morgan fingerprint density at radius 3 is 2.18 bits per heavy atom. The van der Waals surface area contributed by atoms with Gasteiger partial charge in [-0.1, -0.05) is 30.4 Å². The van der Waals surface area contributed by atoms with Crippen LogP contribution in [-0.4, -0.2) is 17.7 Å². The number of carbonyl (C=O) groups excluding carboxylic acids is 3. The minimum Gasteiger partial charge on any atom is -0.321 e. The van der Waals surface area contributed by atoms with Crippen LogP contribution in [0.4, 0.5) is 24.5 Å². The molecule has 1 aliphatic heterocycles. The number of rotatable bonds is 3. The largest absolute Gasteiger partial charge is 0.418 e. The van der Waals surface area contributed by atoms with Gasteiger partial charge in [-0.3, -0.25) is 14.4 Å². The molecule has 0 radical (unpaired) electrons. The molecule has 2 aromatic rings. The number of carbonyl (C=O) groups is 3. The Balaban J connectivity index is 1.28. The summed E-state index contributed by atoms with van der Waals surface area (Å²) in [6.07, 6.45) is 0.600. The molecule has 33 heavy (non-hydrogen) atoms. The minimum absolute atomic E-state index is 0.0592. The number of anilines is 2. The first-order chi connectivity index (χ1) is 15.8. The maximum atomic E-state index is 13.3. The highest BCUT2D eigenvalue weighted by atomic mass is 19.4. The van der Waals surface area contributed by atoms with E-state index in [-0.39, 0.29) is 52.4 Å². The fraction of sp³-hybridized carbons (Fsp3) is 0.320. The summed E-state index contributed by atoms with van der Waals surface area (Å²) in [6.45, 7) is 0. The van der Waals surface area contributed by atoms with Crippen molar-refractivity contribution in [3.05, 3.63) is 71.8 Å². The van der Waals surface area contributed by atoms with E-state index in [0.717, 1.165) is 17.4 Å². The van der Waals surface area contributed by atoms with Gasteiger partial charge < -0.3 is 5.32 Å². The van der Waals surface area contributed by atoms with Gasteiger partial charge >= 0.3 is 6.18 Å². The van der Waals surface area contributed by atoms with Gasteiger partial charge in [0.25, 0.3) is 5.91 Å². The smallest absolute Gasteiger partial charge is 0.321 e. The van der Waals surface area contributed by atoms with Gasteiger partial charge in [-0.15, -0.1) is 0 Å². The SMILES string of the molecule is O=C(Nc1ccccc1C(F)(F)F)c1cccc(N2C(=O)[C@@H]3[C@H]4C=C[C@@H]([C@@H]5C[C@H]45)[C@@H]3C2=O)c1. The van der Waals surface area contributed by atoms with Crippen LogP contribution in [0.5, 0.6) is 0 Å². The molecule has 0 spiro atoms. The maximum Gasteiger partial charge on any atom is 0.418 e. The summed E-state index contributed by atoms with van der Waals surface area (Å²) < 4.78 is 39.8. The topological polar surface area (TPSA) is 66.5 Å². The second-order valence-corrected chi connectivity index (χ2v) is 9.21. The number of hydrogen-bond acceptors (Lipinski definition) is 3. The van der Waals surface area contributed by atoms with Crippen LogP contribution in [0.2, 0.25) is 0 Å². The van der Waals surface area contributed by atoms with Gasteiger partial charge in [-0.25, -0.2) is 4.90 Å². The molecule has 3 fully saturated rings. The summed E-state index contributed by atoms with van der Waals surface area (Å²) in [7, 11) is 0. The van der Waals surface area contributed by atoms with Gasteiger partial charge in [0.15, 0.2) is 0 Å². The molecule has 2 saturated carbocycles. The summed E-state index contributed by atoms with van der Waals surface area (Å²) in [5.41, 5.74) is -0.986. The van der Waals surface area contributed by atoms with Gasteiger partial charge in [-0.05, 0) is 60.4 Å². The van der Waals surface area contributed by atoms with Crippen LogP contribution in [0.3, 0.4) is 0 Å². The van der Waals surface area contributed by atoms with Crippen LogP contribution in [-0.2, 0) is 15.8 Å². The summed E-state index contributed by atoms with van der Waals surface area (Å²) in [5.74, 6) is -0.890. The lowest BCUT2D eigenvalue weighted by Crippen LogP contribution is -2.40.